The number of nitrogens with one attached hydrogen (secondary N) is 2. The van der Waals surface area contributed by atoms with Crippen molar-refractivity contribution in [3.8, 4) is 0 Å². The molecule has 6 heteroatoms. The third-order valence-electron chi connectivity index (χ3n) is 3.89. The van der Waals surface area contributed by atoms with Gasteiger partial charge in [0.2, 0.25) is 6.41 Å². The van der Waals surface area contributed by atoms with Crippen LogP contribution in [0.5, 0.6) is 0 Å². The molecule has 2 N–H and O–H groups in total. The Kier molecular flexibility index (Phi) is 7.03. The molecule has 1 fully saturated rings. The van der Waals surface area contributed by atoms with Gasteiger partial charge < -0.3 is 10.6 Å². The highest BCUT2D eigenvalue weighted by molar-refractivity contribution is 6.31. The smallest absolute Gasteiger partial charge is 0.211 e. The molecule has 1 aliphatic rings. The molecular formula is C18H19Cl2FN2O. The minimum Gasteiger partial charge on any atom is -0.333 e. The number of carbonyl (C=O) groups excluding carboxylic acids is 1. The summed E-state index contributed by atoms with van der Waals surface area (Å²) < 4.78 is 14.1. The molecule has 0 unspecified atom stereocenters. The van der Waals surface area contributed by atoms with Gasteiger partial charge in [0.15, 0.2) is 0 Å². The highest BCUT2D eigenvalue weighted by atomic mass is 35.5. The monoisotopic (exact) mass is 368 g/mol. The summed E-state index contributed by atoms with van der Waals surface area (Å²) in [6, 6.07) is 7.72. The van der Waals surface area contributed by atoms with Crippen LogP contribution >= 0.6 is 23.2 Å². The molecule has 0 aromatic heterocycles. The molecule has 0 bridgehead atoms. The third kappa shape index (κ3) is 5.20. The normalized spacial score (nSPS) is 22.6. The van der Waals surface area contributed by atoms with Gasteiger partial charge in [0.25, 0.3) is 0 Å². The van der Waals surface area contributed by atoms with Gasteiger partial charge in [0, 0.05) is 29.7 Å². The Morgan fingerprint density at radius 3 is 2.92 bits per heavy atom. The predicted octanol–water partition coefficient (Wildman–Crippen LogP) is 4.27. The fraction of sp³-hybridized carbons (Fsp3) is 0.278. The first kappa shape index (κ1) is 18.7. The quantitative estimate of drug-likeness (QED) is 0.581. The second kappa shape index (κ2) is 9.02. The van der Waals surface area contributed by atoms with Crippen molar-refractivity contribution >= 4 is 29.6 Å². The average Bonchev–Trinajstić information content (AvgIpc) is 3.01. The van der Waals surface area contributed by atoms with E-state index in [1.54, 1.807) is 6.92 Å². The molecule has 24 heavy (non-hydrogen) atoms. The number of hydrogen-bond donors (Lipinski definition) is 2. The lowest BCUT2D eigenvalue weighted by Gasteiger charge is -2.15. The molecule has 128 valence electrons. The molecule has 2 rings (SSSR count). The summed E-state index contributed by atoms with van der Waals surface area (Å²) in [6.07, 6.45) is 5.09. The Balaban J connectivity index is 2.12. The highest BCUT2D eigenvalue weighted by Crippen LogP contribution is 2.31. The van der Waals surface area contributed by atoms with Gasteiger partial charge in [-0.15, -0.1) is 0 Å². The fourth-order valence-corrected chi connectivity index (χ4v) is 3.11. The zero-order valence-corrected chi connectivity index (χ0v) is 14.7. The summed E-state index contributed by atoms with van der Waals surface area (Å²) in [7, 11) is 0. The van der Waals surface area contributed by atoms with E-state index in [-0.39, 0.29) is 16.9 Å². The predicted molar refractivity (Wildman–Crippen MR) is 96.6 cm³/mol. The summed E-state index contributed by atoms with van der Waals surface area (Å²) in [4.78, 5) is 10.3. The van der Waals surface area contributed by atoms with Crippen molar-refractivity contribution < 1.29 is 9.18 Å². The number of rotatable bonds is 6. The first-order valence-electron chi connectivity index (χ1n) is 7.59. The summed E-state index contributed by atoms with van der Waals surface area (Å²) in [6.45, 7) is 3.21. The zero-order valence-electron chi connectivity index (χ0n) is 13.2. The maximum absolute atomic E-state index is 14.1. The number of carbonyl (C=O) groups is 1. The molecule has 1 amide bonds. The second-order valence-corrected chi connectivity index (χ2v) is 6.47. The van der Waals surface area contributed by atoms with Crippen molar-refractivity contribution in [3.63, 3.8) is 0 Å². The van der Waals surface area contributed by atoms with Crippen molar-refractivity contribution in [2.75, 3.05) is 13.1 Å². The molecule has 0 spiro atoms. The Morgan fingerprint density at radius 2 is 2.21 bits per heavy atom. The van der Waals surface area contributed by atoms with E-state index >= 15 is 0 Å². The maximum atomic E-state index is 14.1. The SMILES string of the molecule is C\C(=C/C(Cl)=C(F)\C=C\[C@@H]1CNC[C@@H]1c1cccc(Cl)c1)NC=O. The molecule has 3 nitrogen and oxygen atoms in total. The van der Waals surface area contributed by atoms with E-state index in [2.05, 4.69) is 10.6 Å². The Morgan fingerprint density at radius 1 is 1.42 bits per heavy atom. The molecule has 1 heterocycles. The second-order valence-electron chi connectivity index (χ2n) is 5.63. The minimum atomic E-state index is -0.541. The van der Waals surface area contributed by atoms with E-state index in [0.29, 0.717) is 17.1 Å². The van der Waals surface area contributed by atoms with Crippen LogP contribution in [0.15, 0.2) is 59.0 Å². The van der Waals surface area contributed by atoms with Gasteiger partial charge in [-0.2, -0.15) is 0 Å². The van der Waals surface area contributed by atoms with E-state index in [0.717, 1.165) is 18.7 Å². The van der Waals surface area contributed by atoms with E-state index < -0.39 is 5.83 Å². The number of allylic oxidation sites excluding steroid dienone is 5. The molecule has 1 aliphatic heterocycles. The summed E-state index contributed by atoms with van der Waals surface area (Å²) in [5.41, 5.74) is 1.60. The van der Waals surface area contributed by atoms with Gasteiger partial charge in [-0.3, -0.25) is 4.79 Å². The van der Waals surface area contributed by atoms with Gasteiger partial charge in [-0.05, 0) is 42.7 Å². The Labute approximate surface area is 151 Å². The maximum Gasteiger partial charge on any atom is 0.211 e. The largest absolute Gasteiger partial charge is 0.333 e. The van der Waals surface area contributed by atoms with Crippen molar-refractivity contribution in [1.29, 1.82) is 0 Å². The molecule has 0 radical (unpaired) electrons. The highest BCUT2D eigenvalue weighted by Gasteiger charge is 2.26. The number of amides is 1. The van der Waals surface area contributed by atoms with Gasteiger partial charge in [0.1, 0.15) is 5.83 Å². The van der Waals surface area contributed by atoms with E-state index in [1.807, 2.05) is 30.3 Å². The molecule has 1 saturated heterocycles. The zero-order chi connectivity index (χ0) is 17.5. The van der Waals surface area contributed by atoms with Crippen LogP contribution in [-0.2, 0) is 4.79 Å². The van der Waals surface area contributed by atoms with Gasteiger partial charge in [-0.25, -0.2) is 4.39 Å². The van der Waals surface area contributed by atoms with Crippen LogP contribution in [0.4, 0.5) is 4.39 Å². The fourth-order valence-electron chi connectivity index (χ4n) is 2.68. The molecule has 1 aromatic carbocycles. The number of halogens is 3. The topological polar surface area (TPSA) is 41.1 Å². The standard InChI is InChI=1S/C18H19Cl2FN2O/c1-12(23-11-24)7-17(20)18(21)6-5-14-9-22-10-16(14)13-3-2-4-15(19)8-13/h2-8,11,14,16,22H,9-10H2,1H3,(H,23,24)/b6-5+,12-7+,18-17-/t14-,16-/m1/s1. The molecule has 2 atom stereocenters. The van der Waals surface area contributed by atoms with Gasteiger partial charge in [0.05, 0.1) is 5.03 Å². The number of hydrogen-bond acceptors (Lipinski definition) is 2. The van der Waals surface area contributed by atoms with Crippen molar-refractivity contribution in [1.82, 2.24) is 10.6 Å². The average molecular weight is 369 g/mol. The lowest BCUT2D eigenvalue weighted by Crippen LogP contribution is -2.08. The van der Waals surface area contributed by atoms with Crippen molar-refractivity contribution in [2.45, 2.75) is 12.8 Å². The summed E-state index contributed by atoms with van der Waals surface area (Å²) >= 11 is 12.0. The third-order valence-corrected chi connectivity index (χ3v) is 4.41. The van der Waals surface area contributed by atoms with Crippen LogP contribution in [0.1, 0.15) is 18.4 Å². The number of benzene rings is 1. The Bertz CT molecular complexity index is 685. The molecule has 1 aromatic rings. The minimum absolute atomic E-state index is 0.0524. The van der Waals surface area contributed by atoms with Crippen LogP contribution in [-0.4, -0.2) is 19.5 Å². The van der Waals surface area contributed by atoms with Crippen LogP contribution in [0.25, 0.3) is 0 Å². The first-order chi connectivity index (χ1) is 11.5. The van der Waals surface area contributed by atoms with Crippen molar-refractivity contribution in [3.05, 3.63) is 69.6 Å². The molecular weight excluding hydrogens is 350 g/mol. The van der Waals surface area contributed by atoms with Crippen LogP contribution in [0.3, 0.4) is 0 Å². The van der Waals surface area contributed by atoms with E-state index in [4.69, 9.17) is 23.2 Å². The molecule has 0 saturated carbocycles. The van der Waals surface area contributed by atoms with E-state index in [1.165, 1.54) is 12.2 Å². The van der Waals surface area contributed by atoms with Crippen LogP contribution in [0.2, 0.25) is 5.02 Å². The van der Waals surface area contributed by atoms with Crippen molar-refractivity contribution in [2.24, 2.45) is 5.92 Å². The van der Waals surface area contributed by atoms with E-state index in [9.17, 15) is 9.18 Å². The summed E-state index contributed by atoms with van der Waals surface area (Å²) in [5, 5.41) is 6.37. The summed E-state index contributed by atoms with van der Waals surface area (Å²) in [5.74, 6) is -0.155. The van der Waals surface area contributed by atoms with Gasteiger partial charge >= 0.3 is 0 Å². The molecule has 0 aliphatic carbocycles. The lowest BCUT2D eigenvalue weighted by molar-refractivity contribution is -0.108. The first-order valence-corrected chi connectivity index (χ1v) is 8.35. The van der Waals surface area contributed by atoms with Gasteiger partial charge in [-0.1, -0.05) is 41.4 Å². The lowest BCUT2D eigenvalue weighted by atomic mass is 9.88. The van der Waals surface area contributed by atoms with Crippen LogP contribution < -0.4 is 10.6 Å². The van der Waals surface area contributed by atoms with Crippen LogP contribution in [0, 0.1) is 5.92 Å². The Hall–Kier alpha value is -1.62.